The van der Waals surface area contributed by atoms with Gasteiger partial charge in [-0.25, -0.2) is 0 Å². The zero-order chi connectivity index (χ0) is 16.4. The van der Waals surface area contributed by atoms with Crippen LogP contribution in [0.3, 0.4) is 0 Å². The van der Waals surface area contributed by atoms with Crippen molar-refractivity contribution >= 4 is 11.5 Å². The summed E-state index contributed by atoms with van der Waals surface area (Å²) in [6.45, 7) is 3.61. The van der Waals surface area contributed by atoms with Crippen LogP contribution < -0.4 is 5.14 Å². The third-order valence-electron chi connectivity index (χ3n) is 5.81. The molecule has 0 amide bonds. The Morgan fingerprint density at radius 2 is 2.17 bits per heavy atom. The Morgan fingerprint density at radius 1 is 1.43 bits per heavy atom. The van der Waals surface area contributed by atoms with Crippen molar-refractivity contribution in [3.05, 3.63) is 11.6 Å². The fraction of sp³-hybridized carbons (Fsp3) is 0.882. The number of methoxy groups -OCH3 is 1. The smallest absolute Gasteiger partial charge is 0.135 e. The summed E-state index contributed by atoms with van der Waals surface area (Å²) in [4.78, 5) is 0. The van der Waals surface area contributed by atoms with Gasteiger partial charge in [0, 0.05) is 19.6 Å². The van der Waals surface area contributed by atoms with Gasteiger partial charge in [0.05, 0.1) is 24.8 Å². The first-order valence-electron chi connectivity index (χ1n) is 8.88. The van der Waals surface area contributed by atoms with Gasteiger partial charge in [0.15, 0.2) is 0 Å². The molecule has 6 heteroatoms. The highest BCUT2D eigenvalue weighted by Gasteiger charge is 2.40. The molecule has 2 aliphatic carbocycles. The van der Waals surface area contributed by atoms with E-state index in [9.17, 15) is 4.55 Å². The van der Waals surface area contributed by atoms with Gasteiger partial charge in [-0.1, -0.05) is 12.5 Å². The maximum atomic E-state index is 12.0. The minimum atomic E-state index is -1.45. The van der Waals surface area contributed by atoms with E-state index in [0.717, 1.165) is 25.9 Å². The molecule has 0 aromatic rings. The molecule has 1 saturated heterocycles. The first kappa shape index (κ1) is 17.7. The van der Waals surface area contributed by atoms with Crippen molar-refractivity contribution in [1.29, 1.82) is 0 Å². The van der Waals surface area contributed by atoms with Crippen molar-refractivity contribution < 1.29 is 14.0 Å². The molecular formula is C17H30N2O3S. The molecule has 23 heavy (non-hydrogen) atoms. The van der Waals surface area contributed by atoms with E-state index in [1.165, 1.54) is 24.8 Å². The molecule has 5 unspecified atom stereocenters. The Labute approximate surface area is 143 Å². The maximum Gasteiger partial charge on any atom is 0.135 e. The normalized spacial score (nSPS) is 32.1. The maximum absolute atomic E-state index is 12.0. The average molecular weight is 343 g/mol. The van der Waals surface area contributed by atoms with Gasteiger partial charge in [0.1, 0.15) is 11.5 Å². The van der Waals surface area contributed by atoms with Crippen molar-refractivity contribution in [3.8, 4) is 0 Å². The monoisotopic (exact) mass is 342 g/mol. The van der Waals surface area contributed by atoms with Gasteiger partial charge < -0.3 is 14.0 Å². The van der Waals surface area contributed by atoms with E-state index in [1.54, 1.807) is 0 Å². The first-order valence-corrected chi connectivity index (χ1v) is 10.0. The second kappa shape index (κ2) is 7.85. The minimum Gasteiger partial charge on any atom is -0.579 e. The topological polar surface area (TPSA) is 70.8 Å². The number of rotatable bonds is 8. The summed E-state index contributed by atoms with van der Waals surface area (Å²) in [5.41, 5.74) is 1.42. The molecule has 1 heterocycles. The molecule has 5 nitrogen and oxygen atoms in total. The highest BCUT2D eigenvalue weighted by Crippen LogP contribution is 2.42. The summed E-state index contributed by atoms with van der Waals surface area (Å²) in [7, 11) is 1.82. The Balaban J connectivity index is 1.57. The van der Waals surface area contributed by atoms with Crippen LogP contribution in [-0.2, 0) is 21.0 Å². The number of nitrogens with zero attached hydrogens (tertiary/aromatic N) is 1. The number of hydrogen-bond donors (Lipinski definition) is 1. The molecule has 1 saturated carbocycles. The molecule has 0 radical (unpaired) electrons. The summed E-state index contributed by atoms with van der Waals surface area (Å²) in [6, 6.07) is 0.174. The molecule has 3 rings (SSSR count). The van der Waals surface area contributed by atoms with Crippen molar-refractivity contribution in [2.24, 2.45) is 17.0 Å². The summed E-state index contributed by atoms with van der Waals surface area (Å²) in [6.07, 6.45) is 9.87. The summed E-state index contributed by atoms with van der Waals surface area (Å²) in [5.74, 6) is 1.12. The molecule has 0 aromatic heterocycles. The van der Waals surface area contributed by atoms with Crippen molar-refractivity contribution in [2.75, 3.05) is 20.3 Å². The van der Waals surface area contributed by atoms with Crippen molar-refractivity contribution in [1.82, 2.24) is 4.31 Å². The largest absolute Gasteiger partial charge is 0.579 e. The predicted octanol–water partition coefficient (Wildman–Crippen LogP) is 2.15. The lowest BCUT2D eigenvalue weighted by Crippen LogP contribution is -2.50. The van der Waals surface area contributed by atoms with Crippen LogP contribution in [0.1, 0.15) is 45.4 Å². The van der Waals surface area contributed by atoms with Crippen molar-refractivity contribution in [2.45, 2.75) is 63.7 Å². The Bertz CT molecular complexity index is 422. The van der Waals surface area contributed by atoms with E-state index >= 15 is 0 Å². The molecular weight excluding hydrogens is 312 g/mol. The Hall–Kier alpha value is -0.110. The third-order valence-corrected chi connectivity index (χ3v) is 6.75. The lowest BCUT2D eigenvalue weighted by molar-refractivity contribution is 0.0347. The van der Waals surface area contributed by atoms with Crippen LogP contribution in [0.2, 0.25) is 0 Å². The number of nitrogens with two attached hydrogens (primary N) is 1. The van der Waals surface area contributed by atoms with Gasteiger partial charge >= 0.3 is 0 Å². The van der Waals surface area contributed by atoms with E-state index in [-0.39, 0.29) is 12.1 Å². The van der Waals surface area contributed by atoms with Gasteiger partial charge in [-0.2, -0.15) is 0 Å². The zero-order valence-electron chi connectivity index (χ0n) is 14.3. The molecule has 3 aliphatic rings. The first-order chi connectivity index (χ1) is 11.1. The number of ether oxygens (including phenoxy) is 2. The van der Waals surface area contributed by atoms with Gasteiger partial charge in [-0.15, -0.1) is 9.44 Å². The molecule has 132 valence electrons. The fourth-order valence-electron chi connectivity index (χ4n) is 4.03. The van der Waals surface area contributed by atoms with Crippen LogP contribution in [0, 0.1) is 11.8 Å². The van der Waals surface area contributed by atoms with Crippen LogP contribution in [0.25, 0.3) is 0 Å². The van der Waals surface area contributed by atoms with Crippen LogP contribution in [0.5, 0.6) is 0 Å². The van der Waals surface area contributed by atoms with Crippen LogP contribution in [-0.4, -0.2) is 47.4 Å². The minimum absolute atomic E-state index is 0.174. The van der Waals surface area contributed by atoms with Crippen LogP contribution in [0.4, 0.5) is 0 Å². The van der Waals surface area contributed by atoms with Crippen LogP contribution >= 0.6 is 0 Å². The van der Waals surface area contributed by atoms with E-state index < -0.39 is 11.5 Å². The highest BCUT2D eigenvalue weighted by atomic mass is 32.2. The van der Waals surface area contributed by atoms with Gasteiger partial charge in [-0.05, 0) is 50.5 Å². The molecule has 0 spiro atoms. The zero-order valence-corrected chi connectivity index (χ0v) is 15.1. The third kappa shape index (κ3) is 3.94. The van der Waals surface area contributed by atoms with E-state index in [0.29, 0.717) is 24.5 Å². The Kier molecular flexibility index (Phi) is 6.04. The van der Waals surface area contributed by atoms with Crippen LogP contribution in [0.15, 0.2) is 11.6 Å². The van der Waals surface area contributed by atoms with Crippen molar-refractivity contribution in [3.63, 3.8) is 0 Å². The Morgan fingerprint density at radius 3 is 2.65 bits per heavy atom. The molecule has 0 bridgehead atoms. The van der Waals surface area contributed by atoms with Gasteiger partial charge in [0.2, 0.25) is 0 Å². The average Bonchev–Trinajstić information content (AvgIpc) is 2.92. The lowest BCUT2D eigenvalue weighted by Gasteiger charge is -2.42. The molecule has 1 aliphatic heterocycles. The summed E-state index contributed by atoms with van der Waals surface area (Å²) >= 11 is -1.45. The molecule has 0 aromatic carbocycles. The standard InChI is InChI=1S/C17H30N2O3S/c1-12(19(23(18)20)11-16-7-4-8-22-16)14-9-15(10-14)17(21-2)13-5-3-6-13/h9,12-14,16-17H,3-8,10-11,18H2,1-2H3. The predicted molar refractivity (Wildman–Crippen MR) is 91.8 cm³/mol. The quantitative estimate of drug-likeness (QED) is 0.541. The molecule has 2 N–H and O–H groups in total. The van der Waals surface area contributed by atoms with E-state index in [4.69, 9.17) is 14.6 Å². The summed E-state index contributed by atoms with van der Waals surface area (Å²) in [5, 5.41) is 5.73. The van der Waals surface area contributed by atoms with E-state index in [1.807, 2.05) is 11.4 Å². The second-order valence-electron chi connectivity index (χ2n) is 7.21. The van der Waals surface area contributed by atoms with E-state index in [2.05, 4.69) is 13.0 Å². The lowest BCUT2D eigenvalue weighted by atomic mass is 9.71. The SMILES string of the molecule is COC(C1=CC(C(C)N(CC2CCCO2)[S+](N)[O-])C1)C1CCC1. The fourth-order valence-corrected chi connectivity index (χ4v) is 4.83. The van der Waals surface area contributed by atoms with Gasteiger partial charge in [0.25, 0.3) is 0 Å². The second-order valence-corrected chi connectivity index (χ2v) is 8.23. The highest BCUT2D eigenvalue weighted by molar-refractivity contribution is 7.86. The molecule has 2 fully saturated rings. The van der Waals surface area contributed by atoms with Gasteiger partial charge in [-0.3, -0.25) is 0 Å². The molecule has 5 atom stereocenters. The number of hydrogen-bond acceptors (Lipinski definition) is 5. The summed E-state index contributed by atoms with van der Waals surface area (Å²) < 4.78 is 25.3.